The van der Waals surface area contributed by atoms with Gasteiger partial charge < -0.3 is 9.47 Å². The van der Waals surface area contributed by atoms with Crippen LogP contribution in [-0.2, 0) is 9.53 Å². The zero-order chi connectivity index (χ0) is 10.6. The highest BCUT2D eigenvalue weighted by Gasteiger charge is 2.14. The van der Waals surface area contributed by atoms with E-state index in [9.17, 15) is 4.79 Å². The van der Waals surface area contributed by atoms with Gasteiger partial charge in [0.25, 0.3) is 0 Å². The SMILES string of the molecule is COC(=O)C(C)Oc1ccc(C)cc1. The molecule has 0 aliphatic carbocycles. The summed E-state index contributed by atoms with van der Waals surface area (Å²) >= 11 is 0. The van der Waals surface area contributed by atoms with Crippen molar-refractivity contribution >= 4 is 5.97 Å². The van der Waals surface area contributed by atoms with Crippen molar-refractivity contribution < 1.29 is 14.3 Å². The Balaban J connectivity index is 2.60. The molecule has 0 bridgehead atoms. The second kappa shape index (κ2) is 4.65. The molecule has 1 atom stereocenters. The quantitative estimate of drug-likeness (QED) is 0.690. The Kier molecular flexibility index (Phi) is 3.51. The van der Waals surface area contributed by atoms with Crippen molar-refractivity contribution in [3.8, 4) is 5.75 Å². The van der Waals surface area contributed by atoms with E-state index in [0.29, 0.717) is 5.75 Å². The minimum atomic E-state index is -0.567. The van der Waals surface area contributed by atoms with Crippen LogP contribution in [-0.4, -0.2) is 19.2 Å². The maximum atomic E-state index is 11.0. The van der Waals surface area contributed by atoms with Crippen LogP contribution in [0.5, 0.6) is 5.75 Å². The Bertz CT molecular complexity index is 303. The smallest absolute Gasteiger partial charge is 0.346 e. The summed E-state index contributed by atoms with van der Waals surface area (Å²) in [5.41, 5.74) is 1.16. The van der Waals surface area contributed by atoms with Crippen LogP contribution in [0, 0.1) is 6.92 Å². The van der Waals surface area contributed by atoms with E-state index in [0.717, 1.165) is 5.56 Å². The molecular weight excluding hydrogens is 180 g/mol. The monoisotopic (exact) mass is 194 g/mol. The molecule has 1 rings (SSSR count). The molecule has 0 spiro atoms. The van der Waals surface area contributed by atoms with E-state index in [1.807, 2.05) is 31.2 Å². The molecule has 1 aromatic rings. The number of benzene rings is 1. The van der Waals surface area contributed by atoms with Crippen LogP contribution in [0.3, 0.4) is 0 Å². The third-order valence-electron chi connectivity index (χ3n) is 1.87. The van der Waals surface area contributed by atoms with Gasteiger partial charge >= 0.3 is 5.97 Å². The van der Waals surface area contributed by atoms with Crippen LogP contribution in [0.15, 0.2) is 24.3 Å². The summed E-state index contributed by atoms with van der Waals surface area (Å²) < 4.78 is 9.89. The van der Waals surface area contributed by atoms with Gasteiger partial charge in [-0.05, 0) is 26.0 Å². The van der Waals surface area contributed by atoms with Gasteiger partial charge in [0.2, 0.25) is 0 Å². The Morgan fingerprint density at radius 1 is 1.29 bits per heavy atom. The highest BCUT2D eigenvalue weighted by atomic mass is 16.6. The lowest BCUT2D eigenvalue weighted by atomic mass is 10.2. The number of aryl methyl sites for hydroxylation is 1. The van der Waals surface area contributed by atoms with Crippen LogP contribution in [0.25, 0.3) is 0 Å². The third kappa shape index (κ3) is 2.76. The van der Waals surface area contributed by atoms with E-state index < -0.39 is 6.10 Å². The molecule has 0 aliphatic rings. The van der Waals surface area contributed by atoms with Gasteiger partial charge in [0.15, 0.2) is 6.10 Å². The summed E-state index contributed by atoms with van der Waals surface area (Å²) in [5.74, 6) is 0.305. The molecule has 0 radical (unpaired) electrons. The minimum Gasteiger partial charge on any atom is -0.479 e. The Labute approximate surface area is 83.6 Å². The molecule has 0 N–H and O–H groups in total. The topological polar surface area (TPSA) is 35.5 Å². The number of carbonyl (C=O) groups excluding carboxylic acids is 1. The lowest BCUT2D eigenvalue weighted by molar-refractivity contribution is -0.147. The number of methoxy groups -OCH3 is 1. The molecule has 14 heavy (non-hydrogen) atoms. The van der Waals surface area contributed by atoms with Crippen molar-refractivity contribution in [2.75, 3.05) is 7.11 Å². The fourth-order valence-electron chi connectivity index (χ4n) is 1.04. The third-order valence-corrected chi connectivity index (χ3v) is 1.87. The van der Waals surface area contributed by atoms with Crippen molar-refractivity contribution in [3.63, 3.8) is 0 Å². The summed E-state index contributed by atoms with van der Waals surface area (Å²) in [6.45, 7) is 3.65. The lowest BCUT2D eigenvalue weighted by Crippen LogP contribution is -2.24. The summed E-state index contributed by atoms with van der Waals surface area (Å²) in [4.78, 5) is 11.0. The van der Waals surface area contributed by atoms with E-state index in [1.54, 1.807) is 6.92 Å². The predicted molar refractivity (Wildman–Crippen MR) is 53.3 cm³/mol. The molecule has 0 amide bonds. The standard InChI is InChI=1S/C11H14O3/c1-8-4-6-10(7-5-8)14-9(2)11(12)13-3/h4-7,9H,1-3H3. The van der Waals surface area contributed by atoms with Crippen LogP contribution >= 0.6 is 0 Å². The summed E-state index contributed by atoms with van der Waals surface area (Å²) in [6, 6.07) is 7.52. The maximum absolute atomic E-state index is 11.0. The zero-order valence-electron chi connectivity index (χ0n) is 8.61. The molecule has 3 heteroatoms. The van der Waals surface area contributed by atoms with Gasteiger partial charge in [-0.2, -0.15) is 0 Å². The molecule has 0 aliphatic heterocycles. The molecule has 3 nitrogen and oxygen atoms in total. The van der Waals surface area contributed by atoms with Gasteiger partial charge in [-0.25, -0.2) is 4.79 Å². The van der Waals surface area contributed by atoms with Gasteiger partial charge in [-0.15, -0.1) is 0 Å². The molecule has 0 heterocycles. The fourth-order valence-corrected chi connectivity index (χ4v) is 1.04. The lowest BCUT2D eigenvalue weighted by Gasteiger charge is -2.12. The van der Waals surface area contributed by atoms with Gasteiger partial charge in [0, 0.05) is 0 Å². The highest BCUT2D eigenvalue weighted by molar-refractivity contribution is 5.74. The van der Waals surface area contributed by atoms with Crippen LogP contribution in [0.4, 0.5) is 0 Å². The van der Waals surface area contributed by atoms with Gasteiger partial charge in [-0.1, -0.05) is 17.7 Å². The average molecular weight is 194 g/mol. The fraction of sp³-hybridized carbons (Fsp3) is 0.364. The first kappa shape index (κ1) is 10.6. The van der Waals surface area contributed by atoms with Crippen LogP contribution in [0.2, 0.25) is 0 Å². The first-order valence-corrected chi connectivity index (χ1v) is 4.44. The number of ether oxygens (including phenoxy) is 2. The second-order valence-electron chi connectivity index (χ2n) is 3.10. The normalized spacial score (nSPS) is 11.9. The summed E-state index contributed by atoms with van der Waals surface area (Å²) in [5, 5.41) is 0. The number of hydrogen-bond acceptors (Lipinski definition) is 3. The number of esters is 1. The number of hydrogen-bond donors (Lipinski definition) is 0. The molecule has 0 saturated carbocycles. The first-order chi connectivity index (χ1) is 6.63. The van der Waals surface area contributed by atoms with Gasteiger partial charge in [0.05, 0.1) is 7.11 Å². The van der Waals surface area contributed by atoms with Crippen LogP contribution < -0.4 is 4.74 Å². The molecular formula is C11H14O3. The van der Waals surface area contributed by atoms with Gasteiger partial charge in [0.1, 0.15) is 5.75 Å². The summed E-state index contributed by atoms with van der Waals surface area (Å²) in [7, 11) is 1.34. The van der Waals surface area contributed by atoms with E-state index in [4.69, 9.17) is 4.74 Å². The summed E-state index contributed by atoms with van der Waals surface area (Å²) in [6.07, 6.45) is -0.567. The molecule has 76 valence electrons. The highest BCUT2D eigenvalue weighted by Crippen LogP contribution is 2.13. The van der Waals surface area contributed by atoms with Crippen molar-refractivity contribution in [2.45, 2.75) is 20.0 Å². The van der Waals surface area contributed by atoms with Crippen molar-refractivity contribution in [2.24, 2.45) is 0 Å². The maximum Gasteiger partial charge on any atom is 0.346 e. The predicted octanol–water partition coefficient (Wildman–Crippen LogP) is 1.94. The second-order valence-corrected chi connectivity index (χ2v) is 3.10. The average Bonchev–Trinajstić information content (AvgIpc) is 2.20. The first-order valence-electron chi connectivity index (χ1n) is 4.44. The molecule has 0 aromatic heterocycles. The van der Waals surface area contributed by atoms with E-state index in [1.165, 1.54) is 7.11 Å². The van der Waals surface area contributed by atoms with Crippen molar-refractivity contribution in [1.29, 1.82) is 0 Å². The van der Waals surface area contributed by atoms with Crippen molar-refractivity contribution in [3.05, 3.63) is 29.8 Å². The molecule has 0 saturated heterocycles. The molecule has 1 unspecified atom stereocenters. The largest absolute Gasteiger partial charge is 0.479 e. The molecule has 1 aromatic carbocycles. The van der Waals surface area contributed by atoms with Crippen LogP contribution in [0.1, 0.15) is 12.5 Å². The van der Waals surface area contributed by atoms with Crippen molar-refractivity contribution in [1.82, 2.24) is 0 Å². The number of carbonyl (C=O) groups is 1. The Morgan fingerprint density at radius 3 is 2.36 bits per heavy atom. The number of rotatable bonds is 3. The van der Waals surface area contributed by atoms with E-state index in [2.05, 4.69) is 4.74 Å². The van der Waals surface area contributed by atoms with E-state index in [-0.39, 0.29) is 5.97 Å². The molecule has 0 fully saturated rings. The van der Waals surface area contributed by atoms with E-state index >= 15 is 0 Å². The Morgan fingerprint density at radius 2 is 1.86 bits per heavy atom. The Hall–Kier alpha value is -1.51. The zero-order valence-corrected chi connectivity index (χ0v) is 8.61. The van der Waals surface area contributed by atoms with Gasteiger partial charge in [-0.3, -0.25) is 0 Å². The minimum absolute atomic E-state index is 0.370.